The Balaban J connectivity index is 1.75. The first-order chi connectivity index (χ1) is 14.9. The van der Waals surface area contributed by atoms with Crippen molar-refractivity contribution in [2.75, 3.05) is 0 Å². The summed E-state index contributed by atoms with van der Waals surface area (Å²) in [5.74, 6) is -0.284. The highest BCUT2D eigenvalue weighted by molar-refractivity contribution is 6.32. The number of nitrogens with zero attached hydrogens (tertiary/aromatic N) is 2. The number of hydrogen-bond donors (Lipinski definition) is 0. The number of carbonyl (C=O) groups is 1. The molecule has 0 bridgehead atoms. The van der Waals surface area contributed by atoms with Gasteiger partial charge in [-0.25, -0.2) is 0 Å². The van der Waals surface area contributed by atoms with Crippen LogP contribution in [0, 0.1) is 6.92 Å². The van der Waals surface area contributed by atoms with E-state index in [1.807, 2.05) is 31.2 Å². The van der Waals surface area contributed by atoms with Crippen molar-refractivity contribution in [3.05, 3.63) is 109 Å². The number of rotatable bonds is 3. The number of benzene rings is 2. The summed E-state index contributed by atoms with van der Waals surface area (Å²) in [5.41, 5.74) is 2.77. The number of amides is 1. The molecule has 2 aromatic heterocycles. The van der Waals surface area contributed by atoms with E-state index in [-0.39, 0.29) is 23.6 Å². The lowest BCUT2D eigenvalue weighted by Crippen LogP contribution is -2.29. The number of hydrogen-bond acceptors (Lipinski definition) is 4. The molecule has 0 aliphatic carbocycles. The summed E-state index contributed by atoms with van der Waals surface area (Å²) < 4.78 is 5.99. The maximum atomic E-state index is 13.5. The van der Waals surface area contributed by atoms with Crippen molar-refractivity contribution in [1.82, 2.24) is 9.88 Å². The molecule has 0 spiro atoms. The summed E-state index contributed by atoms with van der Waals surface area (Å²) >= 11 is 12.3. The number of halogens is 2. The third-order valence-electron chi connectivity index (χ3n) is 5.51. The molecule has 0 radical (unpaired) electrons. The molecule has 0 unspecified atom stereocenters. The summed E-state index contributed by atoms with van der Waals surface area (Å²) in [5, 5.41) is 1.39. The lowest BCUT2D eigenvalue weighted by atomic mass is 9.98. The van der Waals surface area contributed by atoms with E-state index < -0.39 is 6.04 Å². The van der Waals surface area contributed by atoms with Crippen LogP contribution in [0.1, 0.15) is 38.9 Å². The average Bonchev–Trinajstić information content (AvgIpc) is 3.03. The molecular formula is C24H16Cl2N2O3. The van der Waals surface area contributed by atoms with Gasteiger partial charge in [0.1, 0.15) is 5.58 Å². The molecule has 2 aromatic carbocycles. The maximum Gasteiger partial charge on any atom is 0.291 e. The smallest absolute Gasteiger partial charge is 0.291 e. The fraction of sp³-hybridized carbons (Fsp3) is 0.125. The van der Waals surface area contributed by atoms with Gasteiger partial charge < -0.3 is 9.32 Å². The molecule has 1 aliphatic heterocycles. The van der Waals surface area contributed by atoms with Gasteiger partial charge in [0.15, 0.2) is 5.43 Å². The zero-order chi connectivity index (χ0) is 21.7. The van der Waals surface area contributed by atoms with Crippen molar-refractivity contribution < 1.29 is 9.21 Å². The van der Waals surface area contributed by atoms with Gasteiger partial charge in [-0.05, 0) is 53.9 Å². The zero-order valence-corrected chi connectivity index (χ0v) is 17.9. The molecule has 154 valence electrons. The van der Waals surface area contributed by atoms with E-state index in [1.165, 1.54) is 0 Å². The summed E-state index contributed by atoms with van der Waals surface area (Å²) in [6.07, 6.45) is 3.37. The van der Waals surface area contributed by atoms with E-state index in [0.29, 0.717) is 26.6 Å². The van der Waals surface area contributed by atoms with Crippen molar-refractivity contribution in [3.8, 4) is 0 Å². The summed E-state index contributed by atoms with van der Waals surface area (Å²) in [7, 11) is 0. The molecule has 0 saturated heterocycles. The van der Waals surface area contributed by atoms with Gasteiger partial charge >= 0.3 is 0 Å². The molecule has 1 amide bonds. The van der Waals surface area contributed by atoms with E-state index in [2.05, 4.69) is 4.98 Å². The van der Waals surface area contributed by atoms with E-state index in [1.54, 1.807) is 41.6 Å². The van der Waals surface area contributed by atoms with E-state index in [0.717, 1.165) is 16.7 Å². The van der Waals surface area contributed by atoms with E-state index >= 15 is 0 Å². The number of fused-ring (bicyclic) bond motifs is 2. The SMILES string of the molecule is Cc1cc2oc3c(c(=O)c2cc1Cl)[C@H](c1ccc(Cl)cc1)N(Cc1cccnc1)C3=O. The molecule has 4 aromatic rings. The molecule has 3 heterocycles. The van der Waals surface area contributed by atoms with Gasteiger partial charge in [0, 0.05) is 29.0 Å². The Morgan fingerprint density at radius 3 is 2.58 bits per heavy atom. The monoisotopic (exact) mass is 450 g/mol. The molecule has 0 fully saturated rings. The molecule has 5 rings (SSSR count). The van der Waals surface area contributed by atoms with Crippen molar-refractivity contribution in [1.29, 1.82) is 0 Å². The molecular weight excluding hydrogens is 435 g/mol. The van der Waals surface area contributed by atoms with Crippen LogP contribution >= 0.6 is 23.2 Å². The van der Waals surface area contributed by atoms with Crippen LogP contribution in [0.25, 0.3) is 11.0 Å². The molecule has 31 heavy (non-hydrogen) atoms. The average molecular weight is 451 g/mol. The Hall–Kier alpha value is -3.15. The maximum absolute atomic E-state index is 13.5. The van der Waals surface area contributed by atoms with Crippen LogP contribution in [0.5, 0.6) is 0 Å². The van der Waals surface area contributed by atoms with Crippen LogP contribution in [0.2, 0.25) is 10.0 Å². The number of aromatic nitrogens is 1. The van der Waals surface area contributed by atoms with Gasteiger partial charge in [-0.2, -0.15) is 0 Å². The minimum Gasteiger partial charge on any atom is -0.450 e. The number of carbonyl (C=O) groups excluding carboxylic acids is 1. The lowest BCUT2D eigenvalue weighted by molar-refractivity contribution is 0.0714. The van der Waals surface area contributed by atoms with Gasteiger partial charge in [0.2, 0.25) is 5.76 Å². The summed E-state index contributed by atoms with van der Waals surface area (Å²) in [4.78, 5) is 32.7. The fourth-order valence-corrected chi connectivity index (χ4v) is 4.27. The summed E-state index contributed by atoms with van der Waals surface area (Å²) in [6, 6.07) is 13.5. The molecule has 7 heteroatoms. The second-order valence-corrected chi connectivity index (χ2v) is 8.36. The second-order valence-electron chi connectivity index (χ2n) is 7.52. The first-order valence-electron chi connectivity index (χ1n) is 9.66. The standard InChI is InChI=1S/C24H16Cl2N2O3/c1-13-9-19-17(10-18(13)26)22(29)20-21(15-4-6-16(25)7-5-15)28(24(30)23(20)31-19)12-14-3-2-8-27-11-14/h2-11,21H,12H2,1H3/t21-/m0/s1. The van der Waals surface area contributed by atoms with Crippen molar-refractivity contribution in [3.63, 3.8) is 0 Å². The Morgan fingerprint density at radius 1 is 1.10 bits per heavy atom. The number of pyridine rings is 1. The molecule has 1 aliphatic rings. The minimum atomic E-state index is -0.610. The van der Waals surface area contributed by atoms with Gasteiger partial charge in [0.25, 0.3) is 5.91 Å². The van der Waals surface area contributed by atoms with Gasteiger partial charge in [-0.15, -0.1) is 0 Å². The predicted octanol–water partition coefficient (Wildman–Crippen LogP) is 5.55. The van der Waals surface area contributed by atoms with Crippen LogP contribution in [-0.2, 0) is 6.54 Å². The molecule has 5 nitrogen and oxygen atoms in total. The third-order valence-corrected chi connectivity index (χ3v) is 6.17. The number of aryl methyl sites for hydroxylation is 1. The van der Waals surface area contributed by atoms with Gasteiger partial charge in [-0.3, -0.25) is 14.6 Å². The first-order valence-corrected chi connectivity index (χ1v) is 10.4. The van der Waals surface area contributed by atoms with Crippen LogP contribution in [0.15, 0.2) is 70.1 Å². The highest BCUT2D eigenvalue weighted by Crippen LogP contribution is 2.39. The van der Waals surface area contributed by atoms with Gasteiger partial charge in [-0.1, -0.05) is 41.4 Å². The van der Waals surface area contributed by atoms with Crippen LogP contribution in [0.3, 0.4) is 0 Å². The third kappa shape index (κ3) is 3.30. The van der Waals surface area contributed by atoms with Crippen LogP contribution < -0.4 is 5.43 Å². The highest BCUT2D eigenvalue weighted by Gasteiger charge is 2.42. The van der Waals surface area contributed by atoms with Crippen LogP contribution in [0.4, 0.5) is 0 Å². The first kappa shape index (κ1) is 19.8. The Bertz CT molecular complexity index is 1380. The minimum absolute atomic E-state index is 0.0584. The van der Waals surface area contributed by atoms with E-state index in [9.17, 15) is 9.59 Å². The molecule has 0 N–H and O–H groups in total. The highest BCUT2D eigenvalue weighted by atomic mass is 35.5. The largest absolute Gasteiger partial charge is 0.450 e. The van der Waals surface area contributed by atoms with E-state index in [4.69, 9.17) is 27.6 Å². The topological polar surface area (TPSA) is 63.4 Å². The molecule has 0 saturated carbocycles. The lowest BCUT2D eigenvalue weighted by Gasteiger charge is -2.25. The normalized spacial score (nSPS) is 15.5. The zero-order valence-electron chi connectivity index (χ0n) is 16.4. The van der Waals surface area contributed by atoms with Gasteiger partial charge in [0.05, 0.1) is 17.0 Å². The molecule has 1 atom stereocenters. The van der Waals surface area contributed by atoms with Crippen molar-refractivity contribution in [2.24, 2.45) is 0 Å². The second kappa shape index (κ2) is 7.52. The summed E-state index contributed by atoms with van der Waals surface area (Å²) in [6.45, 7) is 2.10. The van der Waals surface area contributed by atoms with Crippen molar-refractivity contribution in [2.45, 2.75) is 19.5 Å². The predicted molar refractivity (Wildman–Crippen MR) is 120 cm³/mol. The van der Waals surface area contributed by atoms with Crippen molar-refractivity contribution >= 4 is 40.1 Å². The Labute approximate surface area is 187 Å². The fourth-order valence-electron chi connectivity index (χ4n) is 3.98. The quantitative estimate of drug-likeness (QED) is 0.410. The van der Waals surface area contributed by atoms with Crippen LogP contribution in [-0.4, -0.2) is 15.8 Å². The Morgan fingerprint density at radius 2 is 1.87 bits per heavy atom. The Kier molecular flexibility index (Phi) is 4.80.